The number of nitro benzene ring substituents is 1. The van der Waals surface area contributed by atoms with Gasteiger partial charge in [0.05, 0.1) is 34.3 Å². The van der Waals surface area contributed by atoms with E-state index in [9.17, 15) is 20.0 Å². The van der Waals surface area contributed by atoms with E-state index in [2.05, 4.69) is 4.98 Å². The number of rotatable bonds is 3. The van der Waals surface area contributed by atoms with Gasteiger partial charge in [-0.3, -0.25) is 19.5 Å². The van der Waals surface area contributed by atoms with Crippen LogP contribution in [-0.2, 0) is 6.54 Å². The molecular weight excluding hydrogens is 322 g/mol. The molecular formula is C15H16ClN3O4. The second-order valence-electron chi connectivity index (χ2n) is 6.04. The maximum Gasteiger partial charge on any atom is 0.288 e. The number of fused-ring (bicyclic) bond motifs is 1. The Labute approximate surface area is 136 Å². The SMILES string of the molecule is O=c1c2cc([N+](=O)[O-])c(Cl)cc2ncn1CC1(O)CCCCC1. The van der Waals surface area contributed by atoms with Gasteiger partial charge in [0, 0.05) is 6.07 Å². The van der Waals surface area contributed by atoms with Crippen LogP contribution in [0.1, 0.15) is 32.1 Å². The van der Waals surface area contributed by atoms with Gasteiger partial charge in [0.1, 0.15) is 5.02 Å². The lowest BCUT2D eigenvalue weighted by molar-refractivity contribution is -0.384. The van der Waals surface area contributed by atoms with Crippen molar-refractivity contribution in [2.75, 3.05) is 0 Å². The molecule has 1 saturated carbocycles. The molecule has 0 unspecified atom stereocenters. The number of aromatic nitrogens is 2. The Morgan fingerprint density at radius 1 is 1.35 bits per heavy atom. The van der Waals surface area contributed by atoms with Crippen LogP contribution in [0.25, 0.3) is 10.9 Å². The van der Waals surface area contributed by atoms with E-state index >= 15 is 0 Å². The Hall–Kier alpha value is -1.99. The average Bonchev–Trinajstić information content (AvgIpc) is 2.50. The quantitative estimate of drug-likeness (QED) is 0.685. The summed E-state index contributed by atoms with van der Waals surface area (Å²) in [6.45, 7) is 0.144. The summed E-state index contributed by atoms with van der Waals surface area (Å²) in [4.78, 5) is 27.1. The molecule has 8 heteroatoms. The van der Waals surface area contributed by atoms with Crippen LogP contribution in [0, 0.1) is 10.1 Å². The molecule has 1 fully saturated rings. The molecule has 2 aromatic rings. The number of halogens is 1. The summed E-state index contributed by atoms with van der Waals surface area (Å²) < 4.78 is 1.32. The molecule has 1 heterocycles. The van der Waals surface area contributed by atoms with Gasteiger partial charge < -0.3 is 5.11 Å². The predicted octanol–water partition coefficient (Wildman–Crippen LogP) is 2.65. The van der Waals surface area contributed by atoms with Crippen molar-refractivity contribution in [2.45, 2.75) is 44.2 Å². The summed E-state index contributed by atoms with van der Waals surface area (Å²) in [5.41, 5.74) is -1.35. The van der Waals surface area contributed by atoms with Gasteiger partial charge in [0.15, 0.2) is 0 Å². The van der Waals surface area contributed by atoms with Crippen molar-refractivity contribution in [3.8, 4) is 0 Å². The zero-order chi connectivity index (χ0) is 16.6. The molecule has 1 aromatic heterocycles. The number of nitro groups is 1. The molecule has 122 valence electrons. The Morgan fingerprint density at radius 3 is 2.70 bits per heavy atom. The molecule has 0 amide bonds. The second kappa shape index (κ2) is 5.90. The zero-order valence-corrected chi connectivity index (χ0v) is 13.1. The van der Waals surface area contributed by atoms with Crippen molar-refractivity contribution in [3.05, 3.63) is 44.0 Å². The molecule has 1 N–H and O–H groups in total. The van der Waals surface area contributed by atoms with Crippen LogP contribution in [0.15, 0.2) is 23.3 Å². The fourth-order valence-corrected chi connectivity index (χ4v) is 3.33. The lowest BCUT2D eigenvalue weighted by atomic mass is 9.85. The molecule has 1 aliphatic rings. The van der Waals surface area contributed by atoms with Gasteiger partial charge in [-0.15, -0.1) is 0 Å². The normalized spacial score (nSPS) is 17.3. The van der Waals surface area contributed by atoms with Gasteiger partial charge in [-0.2, -0.15) is 0 Å². The number of hydrogen-bond donors (Lipinski definition) is 1. The van der Waals surface area contributed by atoms with Crippen LogP contribution in [0.2, 0.25) is 5.02 Å². The van der Waals surface area contributed by atoms with Gasteiger partial charge in [-0.25, -0.2) is 4.98 Å². The first kappa shape index (κ1) is 15.9. The van der Waals surface area contributed by atoms with E-state index < -0.39 is 16.1 Å². The zero-order valence-electron chi connectivity index (χ0n) is 12.4. The van der Waals surface area contributed by atoms with E-state index in [0.717, 1.165) is 25.3 Å². The number of nitrogens with zero attached hydrogens (tertiary/aromatic N) is 3. The molecule has 1 aromatic carbocycles. The fourth-order valence-electron chi connectivity index (χ4n) is 3.11. The minimum Gasteiger partial charge on any atom is -0.388 e. The van der Waals surface area contributed by atoms with E-state index in [1.807, 2.05) is 0 Å². The number of aliphatic hydroxyl groups is 1. The van der Waals surface area contributed by atoms with E-state index in [-0.39, 0.29) is 22.6 Å². The van der Waals surface area contributed by atoms with Crippen LogP contribution >= 0.6 is 11.6 Å². The van der Waals surface area contributed by atoms with Crippen LogP contribution in [-0.4, -0.2) is 25.2 Å². The maximum atomic E-state index is 12.6. The lowest BCUT2D eigenvalue weighted by Crippen LogP contribution is -2.39. The first-order valence-electron chi connectivity index (χ1n) is 7.45. The number of hydrogen-bond acceptors (Lipinski definition) is 5. The minimum absolute atomic E-state index is 0.0574. The molecule has 0 spiro atoms. The topological polar surface area (TPSA) is 98.3 Å². The first-order valence-corrected chi connectivity index (χ1v) is 7.83. The summed E-state index contributed by atoms with van der Waals surface area (Å²) in [6, 6.07) is 2.46. The van der Waals surface area contributed by atoms with Crippen LogP contribution in [0.5, 0.6) is 0 Å². The third-order valence-electron chi connectivity index (χ3n) is 4.34. The summed E-state index contributed by atoms with van der Waals surface area (Å²) in [6.07, 6.45) is 5.56. The van der Waals surface area contributed by atoms with Crippen LogP contribution in [0.3, 0.4) is 0 Å². The highest BCUT2D eigenvalue weighted by molar-refractivity contribution is 6.33. The van der Waals surface area contributed by atoms with Crippen molar-refractivity contribution in [1.82, 2.24) is 9.55 Å². The molecule has 1 aliphatic carbocycles. The number of benzene rings is 1. The smallest absolute Gasteiger partial charge is 0.288 e. The van der Waals surface area contributed by atoms with E-state index in [0.29, 0.717) is 18.4 Å². The van der Waals surface area contributed by atoms with Gasteiger partial charge in [-0.1, -0.05) is 30.9 Å². The standard InChI is InChI=1S/C15H16ClN3O4/c16-11-7-12-10(6-13(11)19(22)23)14(20)18(9-17-12)8-15(21)4-2-1-3-5-15/h6-7,9,21H,1-5,8H2. The fraction of sp³-hybridized carbons (Fsp3) is 0.467. The van der Waals surface area contributed by atoms with Crippen LogP contribution in [0.4, 0.5) is 5.69 Å². The highest BCUT2D eigenvalue weighted by atomic mass is 35.5. The molecule has 23 heavy (non-hydrogen) atoms. The average molecular weight is 338 g/mol. The Bertz CT molecular complexity index is 827. The molecule has 0 aliphatic heterocycles. The molecule has 0 radical (unpaired) electrons. The first-order chi connectivity index (χ1) is 10.9. The Morgan fingerprint density at radius 2 is 2.04 bits per heavy atom. The third-order valence-corrected chi connectivity index (χ3v) is 4.64. The summed E-state index contributed by atoms with van der Waals surface area (Å²) in [5.74, 6) is 0. The summed E-state index contributed by atoms with van der Waals surface area (Å²) in [5, 5.41) is 21.6. The van der Waals surface area contributed by atoms with E-state index in [4.69, 9.17) is 11.6 Å². The van der Waals surface area contributed by atoms with E-state index in [1.54, 1.807) is 0 Å². The summed E-state index contributed by atoms with van der Waals surface area (Å²) in [7, 11) is 0. The Balaban J connectivity index is 2.06. The van der Waals surface area contributed by atoms with E-state index in [1.165, 1.54) is 17.0 Å². The maximum absolute atomic E-state index is 12.6. The van der Waals surface area contributed by atoms with Gasteiger partial charge >= 0.3 is 0 Å². The molecule has 0 atom stereocenters. The molecule has 0 bridgehead atoms. The van der Waals surface area contributed by atoms with Crippen molar-refractivity contribution < 1.29 is 10.0 Å². The highest BCUT2D eigenvalue weighted by Gasteiger charge is 2.30. The third kappa shape index (κ3) is 3.07. The predicted molar refractivity (Wildman–Crippen MR) is 85.7 cm³/mol. The van der Waals surface area contributed by atoms with Crippen LogP contribution < -0.4 is 5.56 Å². The largest absolute Gasteiger partial charge is 0.388 e. The van der Waals surface area contributed by atoms with Crippen molar-refractivity contribution in [2.24, 2.45) is 0 Å². The van der Waals surface area contributed by atoms with Crippen molar-refractivity contribution in [3.63, 3.8) is 0 Å². The second-order valence-corrected chi connectivity index (χ2v) is 6.45. The minimum atomic E-state index is -0.921. The van der Waals surface area contributed by atoms with Gasteiger partial charge in [-0.05, 0) is 18.9 Å². The van der Waals surface area contributed by atoms with Gasteiger partial charge in [0.25, 0.3) is 11.2 Å². The lowest BCUT2D eigenvalue weighted by Gasteiger charge is -2.32. The Kier molecular flexibility index (Phi) is 4.08. The molecule has 7 nitrogen and oxygen atoms in total. The van der Waals surface area contributed by atoms with Crippen molar-refractivity contribution in [1.29, 1.82) is 0 Å². The monoisotopic (exact) mass is 337 g/mol. The van der Waals surface area contributed by atoms with Gasteiger partial charge in [0.2, 0.25) is 0 Å². The molecule has 0 saturated heterocycles. The molecule has 3 rings (SSSR count). The van der Waals surface area contributed by atoms with Crippen molar-refractivity contribution >= 4 is 28.2 Å². The highest BCUT2D eigenvalue weighted by Crippen LogP contribution is 2.30. The summed E-state index contributed by atoms with van der Waals surface area (Å²) >= 11 is 5.84.